The first kappa shape index (κ1) is 16.8. The topological polar surface area (TPSA) is 84.9 Å². The second-order valence-corrected chi connectivity index (χ2v) is 4.99. The maximum Gasteiger partial charge on any atom is 0.335 e. The van der Waals surface area contributed by atoms with Crippen LogP contribution >= 0.6 is 0 Å². The average Bonchev–Trinajstić information content (AvgIpc) is 2.44. The standard InChI is InChI=1S/C15H21NO5/c1-10(2)6-7-16-14(17)9-21-12-5-4-11(15(18)19)8-13(12)20-3/h4-5,8,10H,6-7,9H2,1-3H3,(H,16,17)(H,18,19). The van der Waals surface area contributed by atoms with Crippen LogP contribution in [-0.4, -0.2) is 37.2 Å². The fourth-order valence-corrected chi connectivity index (χ4v) is 1.61. The summed E-state index contributed by atoms with van der Waals surface area (Å²) in [5.41, 5.74) is 0.0978. The maximum absolute atomic E-state index is 11.6. The summed E-state index contributed by atoms with van der Waals surface area (Å²) in [7, 11) is 1.41. The Kier molecular flexibility index (Phi) is 6.52. The van der Waals surface area contributed by atoms with Gasteiger partial charge in [-0.05, 0) is 30.5 Å². The number of rotatable bonds is 8. The minimum absolute atomic E-state index is 0.0978. The summed E-state index contributed by atoms with van der Waals surface area (Å²) in [6.45, 7) is 4.63. The molecule has 0 heterocycles. The lowest BCUT2D eigenvalue weighted by Gasteiger charge is -2.12. The van der Waals surface area contributed by atoms with E-state index in [1.807, 2.05) is 0 Å². The summed E-state index contributed by atoms with van der Waals surface area (Å²) in [6.07, 6.45) is 0.905. The number of amides is 1. The molecule has 0 radical (unpaired) electrons. The zero-order valence-electron chi connectivity index (χ0n) is 12.5. The van der Waals surface area contributed by atoms with Crippen LogP contribution < -0.4 is 14.8 Å². The van der Waals surface area contributed by atoms with Gasteiger partial charge in [-0.15, -0.1) is 0 Å². The summed E-state index contributed by atoms with van der Waals surface area (Å²) in [5, 5.41) is 11.6. The van der Waals surface area contributed by atoms with Crippen LogP contribution in [0, 0.1) is 5.92 Å². The third kappa shape index (κ3) is 5.72. The normalized spacial score (nSPS) is 10.3. The SMILES string of the molecule is COc1cc(C(=O)O)ccc1OCC(=O)NCCC(C)C. The van der Waals surface area contributed by atoms with Crippen molar-refractivity contribution in [1.29, 1.82) is 0 Å². The highest BCUT2D eigenvalue weighted by Crippen LogP contribution is 2.27. The molecule has 0 saturated carbocycles. The van der Waals surface area contributed by atoms with E-state index in [1.54, 1.807) is 0 Å². The van der Waals surface area contributed by atoms with Crippen LogP contribution in [0.25, 0.3) is 0 Å². The number of benzene rings is 1. The van der Waals surface area contributed by atoms with E-state index in [4.69, 9.17) is 14.6 Å². The molecular formula is C15H21NO5. The predicted molar refractivity (Wildman–Crippen MR) is 77.9 cm³/mol. The monoisotopic (exact) mass is 295 g/mol. The highest BCUT2D eigenvalue weighted by Gasteiger charge is 2.11. The van der Waals surface area contributed by atoms with Crippen molar-refractivity contribution >= 4 is 11.9 Å². The summed E-state index contributed by atoms with van der Waals surface area (Å²) in [5.74, 6) is -0.132. The van der Waals surface area contributed by atoms with Crippen LogP contribution in [0.4, 0.5) is 0 Å². The summed E-state index contributed by atoms with van der Waals surface area (Å²) < 4.78 is 10.4. The Labute approximate surface area is 124 Å². The molecule has 2 N–H and O–H groups in total. The molecule has 1 aromatic carbocycles. The van der Waals surface area contributed by atoms with Gasteiger partial charge < -0.3 is 19.9 Å². The Bertz CT molecular complexity index is 499. The van der Waals surface area contributed by atoms with Gasteiger partial charge in [0.2, 0.25) is 0 Å². The molecule has 1 amide bonds. The number of aromatic carboxylic acids is 1. The molecule has 0 aliphatic rings. The van der Waals surface area contributed by atoms with Gasteiger partial charge in [0.25, 0.3) is 5.91 Å². The zero-order chi connectivity index (χ0) is 15.8. The number of hydrogen-bond donors (Lipinski definition) is 2. The third-order valence-electron chi connectivity index (χ3n) is 2.81. The molecule has 6 heteroatoms. The van der Waals surface area contributed by atoms with Gasteiger partial charge in [-0.25, -0.2) is 4.79 Å². The molecule has 21 heavy (non-hydrogen) atoms. The largest absolute Gasteiger partial charge is 0.493 e. The lowest BCUT2D eigenvalue weighted by molar-refractivity contribution is -0.123. The van der Waals surface area contributed by atoms with Crippen molar-refractivity contribution in [1.82, 2.24) is 5.32 Å². The molecule has 0 aromatic heterocycles. The second-order valence-electron chi connectivity index (χ2n) is 4.99. The van der Waals surface area contributed by atoms with E-state index in [9.17, 15) is 9.59 Å². The number of hydrogen-bond acceptors (Lipinski definition) is 4. The fraction of sp³-hybridized carbons (Fsp3) is 0.467. The molecule has 116 valence electrons. The van der Waals surface area contributed by atoms with Crippen molar-refractivity contribution in [3.05, 3.63) is 23.8 Å². The lowest BCUT2D eigenvalue weighted by Crippen LogP contribution is -2.30. The smallest absolute Gasteiger partial charge is 0.335 e. The van der Waals surface area contributed by atoms with E-state index in [-0.39, 0.29) is 23.8 Å². The molecule has 0 fully saturated rings. The van der Waals surface area contributed by atoms with Gasteiger partial charge in [-0.2, -0.15) is 0 Å². The summed E-state index contributed by atoms with van der Waals surface area (Å²) in [4.78, 5) is 22.5. The highest BCUT2D eigenvalue weighted by molar-refractivity contribution is 5.88. The molecule has 0 bridgehead atoms. The van der Waals surface area contributed by atoms with Crippen molar-refractivity contribution in [3.63, 3.8) is 0 Å². The van der Waals surface area contributed by atoms with Gasteiger partial charge in [0.15, 0.2) is 18.1 Å². The van der Waals surface area contributed by atoms with Crippen LogP contribution in [0.15, 0.2) is 18.2 Å². The molecular weight excluding hydrogens is 274 g/mol. The first-order chi connectivity index (χ1) is 9.93. The van der Waals surface area contributed by atoms with Crippen LogP contribution in [0.1, 0.15) is 30.6 Å². The molecule has 0 unspecified atom stereocenters. The van der Waals surface area contributed by atoms with Crippen molar-refractivity contribution in [2.45, 2.75) is 20.3 Å². The molecule has 0 aliphatic carbocycles. The number of methoxy groups -OCH3 is 1. The first-order valence-corrected chi connectivity index (χ1v) is 6.75. The Hall–Kier alpha value is -2.24. The van der Waals surface area contributed by atoms with Crippen molar-refractivity contribution in [2.24, 2.45) is 5.92 Å². The number of nitrogens with one attached hydrogen (secondary N) is 1. The Balaban J connectivity index is 2.55. The first-order valence-electron chi connectivity index (χ1n) is 6.75. The van der Waals surface area contributed by atoms with Crippen LogP contribution in [0.5, 0.6) is 11.5 Å². The Morgan fingerprint density at radius 1 is 1.29 bits per heavy atom. The van der Waals surface area contributed by atoms with E-state index in [2.05, 4.69) is 19.2 Å². The van der Waals surface area contributed by atoms with Gasteiger partial charge >= 0.3 is 5.97 Å². The molecule has 0 saturated heterocycles. The van der Waals surface area contributed by atoms with Crippen LogP contribution in [0.2, 0.25) is 0 Å². The molecule has 0 aliphatic heterocycles. The van der Waals surface area contributed by atoms with Gasteiger partial charge in [-0.3, -0.25) is 4.79 Å². The number of carboxylic acid groups (broad SMARTS) is 1. The minimum atomic E-state index is -1.05. The van der Waals surface area contributed by atoms with E-state index >= 15 is 0 Å². The highest BCUT2D eigenvalue weighted by atomic mass is 16.5. The van der Waals surface area contributed by atoms with Crippen LogP contribution in [0.3, 0.4) is 0 Å². The molecule has 6 nitrogen and oxygen atoms in total. The van der Waals surface area contributed by atoms with Gasteiger partial charge in [0.05, 0.1) is 12.7 Å². The van der Waals surface area contributed by atoms with Gasteiger partial charge in [0.1, 0.15) is 0 Å². The van der Waals surface area contributed by atoms with Crippen molar-refractivity contribution < 1.29 is 24.2 Å². The zero-order valence-corrected chi connectivity index (χ0v) is 12.5. The second kappa shape index (κ2) is 8.14. The molecule has 1 rings (SSSR count). The molecule has 0 atom stereocenters. The summed E-state index contributed by atoms with van der Waals surface area (Å²) in [6, 6.07) is 4.23. The van der Waals surface area contributed by atoms with Gasteiger partial charge in [-0.1, -0.05) is 13.8 Å². The van der Waals surface area contributed by atoms with E-state index in [0.29, 0.717) is 18.2 Å². The fourth-order valence-electron chi connectivity index (χ4n) is 1.61. The number of carboxylic acids is 1. The Morgan fingerprint density at radius 3 is 2.57 bits per heavy atom. The lowest BCUT2D eigenvalue weighted by atomic mass is 10.1. The number of ether oxygens (including phenoxy) is 2. The number of carbonyl (C=O) groups excluding carboxylic acids is 1. The third-order valence-corrected chi connectivity index (χ3v) is 2.81. The van der Waals surface area contributed by atoms with E-state index in [1.165, 1.54) is 25.3 Å². The average molecular weight is 295 g/mol. The summed E-state index contributed by atoms with van der Waals surface area (Å²) >= 11 is 0. The van der Waals surface area contributed by atoms with E-state index < -0.39 is 5.97 Å². The van der Waals surface area contributed by atoms with Crippen molar-refractivity contribution in [3.8, 4) is 11.5 Å². The predicted octanol–water partition coefficient (Wildman–Crippen LogP) is 1.93. The van der Waals surface area contributed by atoms with Gasteiger partial charge in [0, 0.05) is 6.54 Å². The maximum atomic E-state index is 11.6. The molecule has 1 aromatic rings. The number of carbonyl (C=O) groups is 2. The molecule has 0 spiro atoms. The van der Waals surface area contributed by atoms with E-state index in [0.717, 1.165) is 6.42 Å². The minimum Gasteiger partial charge on any atom is -0.493 e. The Morgan fingerprint density at radius 2 is 2.00 bits per heavy atom. The van der Waals surface area contributed by atoms with Crippen molar-refractivity contribution in [2.75, 3.05) is 20.3 Å². The van der Waals surface area contributed by atoms with Crippen LogP contribution in [-0.2, 0) is 4.79 Å². The quantitative estimate of drug-likeness (QED) is 0.765.